The van der Waals surface area contributed by atoms with Gasteiger partial charge >= 0.3 is 23.9 Å². The first-order valence-electron chi connectivity index (χ1n) is 8.82. The second kappa shape index (κ2) is 10.5. The standard InChI is InChI=1S/C18H30O11/c1-11(23-12(19)13(20)24-27-16(2,3)4)10-18(8,9)29-26-15(22)14(21)25-28-17(5,6)7/h11H,10H2,1-9H3. The van der Waals surface area contributed by atoms with Crippen molar-refractivity contribution >= 4 is 23.9 Å². The molecule has 11 heteroatoms. The van der Waals surface area contributed by atoms with E-state index in [1.54, 1.807) is 41.5 Å². The zero-order valence-corrected chi connectivity index (χ0v) is 18.3. The number of ether oxygens (including phenoxy) is 1. The molecule has 1 atom stereocenters. The van der Waals surface area contributed by atoms with Gasteiger partial charge in [-0.1, -0.05) is 0 Å². The number of esters is 1. The smallest absolute Gasteiger partial charge is 0.453 e. The molecule has 0 aromatic heterocycles. The van der Waals surface area contributed by atoms with Crippen LogP contribution in [0, 0.1) is 0 Å². The van der Waals surface area contributed by atoms with Crippen molar-refractivity contribution in [2.75, 3.05) is 0 Å². The highest BCUT2D eigenvalue weighted by Gasteiger charge is 2.32. The van der Waals surface area contributed by atoms with E-state index in [-0.39, 0.29) is 6.42 Å². The number of rotatable bonds is 7. The maximum absolute atomic E-state index is 11.7. The van der Waals surface area contributed by atoms with Crippen molar-refractivity contribution in [1.82, 2.24) is 0 Å². The summed E-state index contributed by atoms with van der Waals surface area (Å²) in [6, 6.07) is 0. The molecular weight excluding hydrogens is 392 g/mol. The van der Waals surface area contributed by atoms with Crippen LogP contribution in [-0.4, -0.2) is 46.8 Å². The van der Waals surface area contributed by atoms with E-state index in [0.29, 0.717) is 0 Å². The summed E-state index contributed by atoms with van der Waals surface area (Å²) in [7, 11) is 0. The van der Waals surface area contributed by atoms with Gasteiger partial charge in [-0.25, -0.2) is 19.2 Å². The van der Waals surface area contributed by atoms with E-state index in [9.17, 15) is 19.2 Å². The van der Waals surface area contributed by atoms with Gasteiger partial charge in [-0.15, -0.1) is 0 Å². The minimum absolute atomic E-state index is 0.00691. The molecule has 0 aliphatic carbocycles. The largest absolute Gasteiger partial charge is 0.454 e. The predicted octanol–water partition coefficient (Wildman–Crippen LogP) is 2.11. The molecule has 0 aromatic rings. The lowest BCUT2D eigenvalue weighted by atomic mass is 10.0. The lowest BCUT2D eigenvalue weighted by Gasteiger charge is -2.25. The molecule has 0 saturated heterocycles. The number of carbonyl (C=O) groups is 4. The SMILES string of the molecule is CC(CC(C)(C)OOC(=O)C(=O)OOC(C)(C)C)OC(=O)C(=O)OOC(C)(C)C. The molecule has 29 heavy (non-hydrogen) atoms. The Morgan fingerprint density at radius 2 is 0.966 bits per heavy atom. The highest BCUT2D eigenvalue weighted by Crippen LogP contribution is 2.19. The van der Waals surface area contributed by atoms with Crippen LogP contribution in [0.4, 0.5) is 0 Å². The third-order valence-corrected chi connectivity index (χ3v) is 2.50. The summed E-state index contributed by atoms with van der Waals surface area (Å²) in [6.07, 6.45) is -0.818. The predicted molar refractivity (Wildman–Crippen MR) is 95.3 cm³/mol. The van der Waals surface area contributed by atoms with E-state index in [1.165, 1.54) is 20.8 Å². The number of carbonyl (C=O) groups excluding carboxylic acids is 4. The van der Waals surface area contributed by atoms with Crippen LogP contribution < -0.4 is 0 Å². The van der Waals surface area contributed by atoms with E-state index in [1.807, 2.05) is 0 Å². The Morgan fingerprint density at radius 3 is 1.34 bits per heavy atom. The Hall–Kier alpha value is -2.24. The summed E-state index contributed by atoms with van der Waals surface area (Å²) >= 11 is 0. The Balaban J connectivity index is 4.44. The van der Waals surface area contributed by atoms with E-state index in [4.69, 9.17) is 19.4 Å². The van der Waals surface area contributed by atoms with Gasteiger partial charge in [-0.3, -0.25) is 14.7 Å². The quantitative estimate of drug-likeness (QED) is 0.258. The van der Waals surface area contributed by atoms with Gasteiger partial charge in [0, 0.05) is 6.42 Å². The zero-order chi connectivity index (χ0) is 23.0. The van der Waals surface area contributed by atoms with E-state index in [2.05, 4.69) is 14.7 Å². The Kier molecular flexibility index (Phi) is 9.70. The summed E-state index contributed by atoms with van der Waals surface area (Å²) in [6.45, 7) is 14.2. The maximum atomic E-state index is 11.7. The third-order valence-electron chi connectivity index (χ3n) is 2.50. The summed E-state index contributed by atoms with van der Waals surface area (Å²) in [5.41, 5.74) is -2.78. The van der Waals surface area contributed by atoms with Crippen LogP contribution in [0.15, 0.2) is 0 Å². The minimum atomic E-state index is -1.44. The van der Waals surface area contributed by atoms with Crippen molar-refractivity contribution in [3.05, 3.63) is 0 Å². The second-order valence-electron chi connectivity index (χ2n) is 8.77. The van der Waals surface area contributed by atoms with Crippen LogP contribution in [0.5, 0.6) is 0 Å². The van der Waals surface area contributed by atoms with Crippen molar-refractivity contribution in [3.63, 3.8) is 0 Å². The maximum Gasteiger partial charge on any atom is 0.453 e. The highest BCUT2D eigenvalue weighted by molar-refractivity contribution is 6.29. The molecule has 0 radical (unpaired) electrons. The normalized spacial score (nSPS) is 13.3. The van der Waals surface area contributed by atoms with Crippen molar-refractivity contribution in [2.45, 2.75) is 91.6 Å². The van der Waals surface area contributed by atoms with Gasteiger partial charge < -0.3 is 4.74 Å². The monoisotopic (exact) mass is 422 g/mol. The number of hydrogen-bond acceptors (Lipinski definition) is 11. The Labute approximate surface area is 169 Å². The highest BCUT2D eigenvalue weighted by atomic mass is 17.2. The fourth-order valence-electron chi connectivity index (χ4n) is 1.58. The van der Waals surface area contributed by atoms with Gasteiger partial charge in [-0.05, 0) is 62.3 Å². The second-order valence-corrected chi connectivity index (χ2v) is 8.77. The van der Waals surface area contributed by atoms with Gasteiger partial charge in [0.05, 0.1) is 0 Å². The molecule has 168 valence electrons. The van der Waals surface area contributed by atoms with Crippen molar-refractivity contribution in [2.24, 2.45) is 0 Å². The van der Waals surface area contributed by atoms with Gasteiger partial charge in [0.15, 0.2) is 0 Å². The van der Waals surface area contributed by atoms with Gasteiger partial charge in [0.2, 0.25) is 0 Å². The van der Waals surface area contributed by atoms with Crippen molar-refractivity contribution in [3.8, 4) is 0 Å². The number of hydrogen-bond donors (Lipinski definition) is 0. The summed E-state index contributed by atoms with van der Waals surface area (Å²) < 4.78 is 4.92. The molecular formula is C18H30O11. The fourth-order valence-corrected chi connectivity index (χ4v) is 1.58. The molecule has 0 amide bonds. The minimum Gasteiger partial charge on any atom is -0.454 e. The van der Waals surface area contributed by atoms with E-state index >= 15 is 0 Å². The van der Waals surface area contributed by atoms with Crippen LogP contribution in [0.1, 0.15) is 68.7 Å². The van der Waals surface area contributed by atoms with Crippen LogP contribution in [0.2, 0.25) is 0 Å². The van der Waals surface area contributed by atoms with Crippen LogP contribution in [0.25, 0.3) is 0 Å². The average Bonchev–Trinajstić information content (AvgIpc) is 2.53. The first kappa shape index (κ1) is 26.8. The molecule has 0 heterocycles. The molecule has 11 nitrogen and oxygen atoms in total. The van der Waals surface area contributed by atoms with Gasteiger partial charge in [-0.2, -0.15) is 14.7 Å². The van der Waals surface area contributed by atoms with E-state index in [0.717, 1.165) is 0 Å². The fraction of sp³-hybridized carbons (Fsp3) is 0.778. The Morgan fingerprint density at radius 1 is 0.621 bits per heavy atom. The van der Waals surface area contributed by atoms with Crippen molar-refractivity contribution < 1.29 is 53.2 Å². The molecule has 0 aromatic carbocycles. The molecule has 0 aliphatic heterocycles. The molecule has 1 unspecified atom stereocenters. The first-order valence-corrected chi connectivity index (χ1v) is 8.82. The summed E-state index contributed by atoms with van der Waals surface area (Å²) in [5, 5.41) is 0. The average molecular weight is 422 g/mol. The topological polar surface area (TPSA) is 133 Å². The van der Waals surface area contributed by atoms with Crippen LogP contribution in [-0.2, 0) is 53.2 Å². The Bertz CT molecular complexity index is 596. The van der Waals surface area contributed by atoms with Crippen molar-refractivity contribution in [1.29, 1.82) is 0 Å². The molecule has 0 saturated carbocycles. The lowest BCUT2D eigenvalue weighted by molar-refractivity contribution is -0.343. The van der Waals surface area contributed by atoms with E-state index < -0.39 is 46.8 Å². The van der Waals surface area contributed by atoms with Gasteiger partial charge in [0.25, 0.3) is 0 Å². The van der Waals surface area contributed by atoms with Crippen LogP contribution >= 0.6 is 0 Å². The zero-order valence-electron chi connectivity index (χ0n) is 18.3. The summed E-state index contributed by atoms with van der Waals surface area (Å²) in [4.78, 5) is 73.7. The molecule has 0 fully saturated rings. The third kappa shape index (κ3) is 13.6. The molecule has 0 rings (SSSR count). The lowest BCUT2D eigenvalue weighted by Crippen LogP contribution is -2.35. The molecule has 0 N–H and O–H groups in total. The first-order chi connectivity index (χ1) is 12.9. The molecule has 0 spiro atoms. The summed E-state index contributed by atoms with van der Waals surface area (Å²) in [5.74, 6) is -5.43. The van der Waals surface area contributed by atoms with Crippen LogP contribution in [0.3, 0.4) is 0 Å². The molecule has 0 aliphatic rings. The van der Waals surface area contributed by atoms with Gasteiger partial charge in [0.1, 0.15) is 22.9 Å². The molecule has 0 bridgehead atoms.